The minimum Gasteiger partial charge on any atom is -0.495 e. The number of anilines is 1. The standard InChI is InChI=1S/C24H30N2O5S/c1-16(2)18-10-11-22(31-4)23(14-18)32(29,30)26-12-6-8-20(15-26)24(28)25-21-9-5-7-19(13-21)17(3)27/h5,7,9-11,13-14,16,20H,6,8,12,15H2,1-4H3,(H,25,28)/t20-/m0/s1. The molecule has 1 N–H and O–H groups in total. The molecule has 2 aromatic rings. The summed E-state index contributed by atoms with van der Waals surface area (Å²) in [5.41, 5.74) is 1.93. The van der Waals surface area contributed by atoms with Crippen molar-refractivity contribution in [2.24, 2.45) is 5.92 Å². The number of benzene rings is 2. The molecule has 172 valence electrons. The van der Waals surface area contributed by atoms with Gasteiger partial charge in [0.25, 0.3) is 0 Å². The van der Waals surface area contributed by atoms with Crippen molar-refractivity contribution in [3.05, 3.63) is 53.6 Å². The summed E-state index contributed by atoms with van der Waals surface area (Å²) in [4.78, 5) is 24.6. The Bertz CT molecular complexity index is 1110. The molecule has 1 aliphatic rings. The van der Waals surface area contributed by atoms with E-state index in [2.05, 4.69) is 5.32 Å². The molecule has 7 nitrogen and oxygen atoms in total. The van der Waals surface area contributed by atoms with Crippen molar-refractivity contribution < 1.29 is 22.7 Å². The average molecular weight is 459 g/mol. The first-order valence-corrected chi connectivity index (χ1v) is 12.2. The van der Waals surface area contributed by atoms with Crippen LogP contribution in [0, 0.1) is 5.92 Å². The summed E-state index contributed by atoms with van der Waals surface area (Å²) >= 11 is 0. The minimum absolute atomic E-state index is 0.0893. The molecular weight excluding hydrogens is 428 g/mol. The molecular formula is C24H30N2O5S. The van der Waals surface area contributed by atoms with Crippen LogP contribution in [0.5, 0.6) is 5.75 Å². The summed E-state index contributed by atoms with van der Waals surface area (Å²) in [6, 6.07) is 11.9. The number of hydrogen-bond acceptors (Lipinski definition) is 5. The molecule has 1 atom stereocenters. The van der Waals surface area contributed by atoms with Gasteiger partial charge in [0.1, 0.15) is 10.6 Å². The van der Waals surface area contributed by atoms with Gasteiger partial charge < -0.3 is 10.1 Å². The molecule has 1 amide bonds. The van der Waals surface area contributed by atoms with E-state index in [1.54, 1.807) is 36.4 Å². The fourth-order valence-electron chi connectivity index (χ4n) is 3.83. The highest BCUT2D eigenvalue weighted by atomic mass is 32.2. The summed E-state index contributed by atoms with van der Waals surface area (Å²) in [5.74, 6) is -0.372. The second-order valence-corrected chi connectivity index (χ2v) is 10.3. The van der Waals surface area contributed by atoms with Gasteiger partial charge in [0.2, 0.25) is 15.9 Å². The number of hydrogen-bond donors (Lipinski definition) is 1. The van der Waals surface area contributed by atoms with Crippen LogP contribution in [-0.2, 0) is 14.8 Å². The van der Waals surface area contributed by atoms with Gasteiger partial charge >= 0.3 is 0 Å². The molecule has 1 heterocycles. The third-order valence-corrected chi connectivity index (χ3v) is 7.65. The molecule has 0 unspecified atom stereocenters. The van der Waals surface area contributed by atoms with E-state index >= 15 is 0 Å². The van der Waals surface area contributed by atoms with E-state index in [9.17, 15) is 18.0 Å². The molecule has 2 aromatic carbocycles. The van der Waals surface area contributed by atoms with Crippen LogP contribution in [0.4, 0.5) is 5.69 Å². The Morgan fingerprint density at radius 3 is 2.56 bits per heavy atom. The van der Waals surface area contributed by atoms with Crippen LogP contribution < -0.4 is 10.1 Å². The van der Waals surface area contributed by atoms with Crippen LogP contribution in [0.2, 0.25) is 0 Å². The number of rotatable bonds is 7. The zero-order valence-corrected chi connectivity index (χ0v) is 19.7. The number of sulfonamides is 1. The first-order valence-electron chi connectivity index (χ1n) is 10.7. The van der Waals surface area contributed by atoms with Gasteiger partial charge in [-0.25, -0.2) is 8.42 Å². The lowest BCUT2D eigenvalue weighted by molar-refractivity contribution is -0.120. The molecule has 32 heavy (non-hydrogen) atoms. The maximum atomic E-state index is 13.5. The van der Waals surface area contributed by atoms with Crippen molar-refractivity contribution in [1.82, 2.24) is 4.31 Å². The second-order valence-electron chi connectivity index (χ2n) is 8.39. The summed E-state index contributed by atoms with van der Waals surface area (Å²) in [5, 5.41) is 2.83. The SMILES string of the molecule is COc1ccc(C(C)C)cc1S(=O)(=O)N1CCC[C@H](C(=O)Nc2cccc(C(C)=O)c2)C1. The lowest BCUT2D eigenvalue weighted by Gasteiger charge is -2.31. The quantitative estimate of drug-likeness (QED) is 0.632. The van der Waals surface area contributed by atoms with Gasteiger partial charge in [0.05, 0.1) is 13.0 Å². The van der Waals surface area contributed by atoms with Crippen LogP contribution in [0.25, 0.3) is 0 Å². The molecule has 0 bridgehead atoms. The highest BCUT2D eigenvalue weighted by Gasteiger charge is 2.35. The van der Waals surface area contributed by atoms with Crippen molar-refractivity contribution in [3.8, 4) is 5.75 Å². The van der Waals surface area contributed by atoms with Gasteiger partial charge in [0.15, 0.2) is 5.78 Å². The largest absolute Gasteiger partial charge is 0.495 e. The van der Waals surface area contributed by atoms with Gasteiger partial charge in [-0.15, -0.1) is 0 Å². The maximum absolute atomic E-state index is 13.5. The number of amides is 1. The van der Waals surface area contributed by atoms with Crippen molar-refractivity contribution in [2.45, 2.75) is 44.4 Å². The summed E-state index contributed by atoms with van der Waals surface area (Å²) in [6.45, 7) is 5.91. The van der Waals surface area contributed by atoms with Crippen molar-refractivity contribution >= 4 is 27.4 Å². The zero-order chi connectivity index (χ0) is 23.5. The van der Waals surface area contributed by atoms with Gasteiger partial charge in [-0.1, -0.05) is 32.0 Å². The molecule has 0 radical (unpaired) electrons. The van der Waals surface area contributed by atoms with Gasteiger partial charge in [-0.2, -0.15) is 4.31 Å². The van der Waals surface area contributed by atoms with Crippen molar-refractivity contribution in [3.63, 3.8) is 0 Å². The summed E-state index contributed by atoms with van der Waals surface area (Å²) in [6.07, 6.45) is 1.17. The summed E-state index contributed by atoms with van der Waals surface area (Å²) < 4.78 is 33.6. The molecule has 0 saturated carbocycles. The number of piperidine rings is 1. The Kier molecular flexibility index (Phi) is 7.36. The van der Waals surface area contributed by atoms with Crippen LogP contribution in [-0.4, -0.2) is 44.6 Å². The number of nitrogens with one attached hydrogen (secondary N) is 1. The highest BCUT2D eigenvalue weighted by Crippen LogP contribution is 2.32. The fourth-order valence-corrected chi connectivity index (χ4v) is 5.54. The van der Waals surface area contributed by atoms with Crippen molar-refractivity contribution in [2.75, 3.05) is 25.5 Å². The number of methoxy groups -OCH3 is 1. The number of Topliss-reactive ketones (excluding diaryl/α,β-unsaturated/α-hetero) is 1. The monoisotopic (exact) mass is 458 g/mol. The topological polar surface area (TPSA) is 92.8 Å². The van der Waals surface area contributed by atoms with Gasteiger partial charge in [-0.3, -0.25) is 9.59 Å². The minimum atomic E-state index is -3.83. The number of ketones is 1. The lowest BCUT2D eigenvalue weighted by Crippen LogP contribution is -2.43. The van der Waals surface area contributed by atoms with Gasteiger partial charge in [-0.05, 0) is 55.5 Å². The van der Waals surface area contributed by atoms with Gasteiger partial charge in [0, 0.05) is 24.3 Å². The van der Waals surface area contributed by atoms with E-state index < -0.39 is 15.9 Å². The normalized spacial score (nSPS) is 17.2. The number of carbonyl (C=O) groups excluding carboxylic acids is 2. The smallest absolute Gasteiger partial charge is 0.246 e. The highest BCUT2D eigenvalue weighted by molar-refractivity contribution is 7.89. The Hall–Kier alpha value is -2.71. The number of nitrogens with zero attached hydrogens (tertiary/aromatic N) is 1. The first-order chi connectivity index (χ1) is 15.1. The molecule has 0 aliphatic carbocycles. The Morgan fingerprint density at radius 2 is 1.91 bits per heavy atom. The van der Waals surface area contributed by atoms with E-state index in [0.717, 1.165) is 5.56 Å². The fraction of sp³-hybridized carbons (Fsp3) is 0.417. The zero-order valence-electron chi connectivity index (χ0n) is 18.9. The predicted octanol–water partition coefficient (Wildman–Crippen LogP) is 4.06. The van der Waals surface area contributed by atoms with Crippen LogP contribution in [0.1, 0.15) is 55.5 Å². The van der Waals surface area contributed by atoms with E-state index in [-0.39, 0.29) is 29.0 Å². The third-order valence-electron chi connectivity index (χ3n) is 5.76. The molecule has 0 aromatic heterocycles. The molecule has 1 fully saturated rings. The molecule has 0 spiro atoms. The summed E-state index contributed by atoms with van der Waals surface area (Å²) in [7, 11) is -2.38. The van der Waals surface area contributed by atoms with Crippen LogP contribution in [0.3, 0.4) is 0 Å². The van der Waals surface area contributed by atoms with E-state index in [1.165, 1.54) is 18.3 Å². The van der Waals surface area contributed by atoms with Crippen molar-refractivity contribution in [1.29, 1.82) is 0 Å². The van der Waals surface area contributed by atoms with Crippen LogP contribution in [0.15, 0.2) is 47.4 Å². The average Bonchev–Trinajstić information content (AvgIpc) is 2.78. The van der Waals surface area contributed by atoms with E-state index in [4.69, 9.17) is 4.74 Å². The Labute approximate surface area is 189 Å². The molecule has 8 heteroatoms. The Morgan fingerprint density at radius 1 is 1.16 bits per heavy atom. The number of ether oxygens (including phenoxy) is 1. The van der Waals surface area contributed by atoms with E-state index in [0.29, 0.717) is 36.4 Å². The Balaban J connectivity index is 1.81. The van der Waals surface area contributed by atoms with E-state index in [1.807, 2.05) is 19.9 Å². The second kappa shape index (κ2) is 9.83. The third kappa shape index (κ3) is 5.19. The molecule has 1 saturated heterocycles. The maximum Gasteiger partial charge on any atom is 0.246 e. The van der Waals surface area contributed by atoms with Crippen LogP contribution >= 0.6 is 0 Å². The molecule has 1 aliphatic heterocycles. The lowest BCUT2D eigenvalue weighted by atomic mass is 9.98. The predicted molar refractivity (Wildman–Crippen MR) is 124 cm³/mol. The number of carbonyl (C=O) groups is 2. The molecule has 3 rings (SSSR count). The first kappa shape index (κ1) is 23.9.